The van der Waals surface area contributed by atoms with E-state index in [2.05, 4.69) is 0 Å². The van der Waals surface area contributed by atoms with Gasteiger partial charge in [-0.25, -0.2) is 0 Å². The molecule has 2 aliphatic rings. The lowest BCUT2D eigenvalue weighted by atomic mass is 9.77. The van der Waals surface area contributed by atoms with Crippen molar-refractivity contribution in [1.82, 2.24) is 0 Å². The van der Waals surface area contributed by atoms with Crippen LogP contribution < -0.4 is 0 Å². The first-order valence-electron chi connectivity index (χ1n) is 7.78. The molecule has 0 heterocycles. The first kappa shape index (κ1) is 15.6. The molecule has 20 heavy (non-hydrogen) atoms. The highest BCUT2D eigenvalue weighted by molar-refractivity contribution is 5.97. The fourth-order valence-electron chi connectivity index (χ4n) is 3.36. The third kappa shape index (κ3) is 4.10. The quantitative estimate of drug-likeness (QED) is 0.682. The summed E-state index contributed by atoms with van der Waals surface area (Å²) in [5.41, 5.74) is 0.889. The molecule has 114 valence electrons. The van der Waals surface area contributed by atoms with E-state index in [0.29, 0.717) is 12.8 Å². The molecule has 0 amide bonds. The molecule has 0 spiro atoms. The second-order valence-electron chi connectivity index (χ2n) is 6.14. The number of ketones is 1. The molecule has 1 fully saturated rings. The molecule has 0 aromatic heterocycles. The lowest BCUT2D eigenvalue weighted by Gasteiger charge is -2.29. The van der Waals surface area contributed by atoms with Crippen LogP contribution in [0.3, 0.4) is 0 Å². The summed E-state index contributed by atoms with van der Waals surface area (Å²) >= 11 is 0. The second-order valence-corrected chi connectivity index (χ2v) is 6.14. The molecule has 0 atom stereocenters. The van der Waals surface area contributed by atoms with Gasteiger partial charge in [-0.05, 0) is 56.9 Å². The van der Waals surface area contributed by atoms with E-state index < -0.39 is 12.1 Å². The second kappa shape index (κ2) is 6.77. The molecular weight excluding hydrogens is 265 g/mol. The van der Waals surface area contributed by atoms with Crippen LogP contribution in [0.4, 0.5) is 13.2 Å². The van der Waals surface area contributed by atoms with Gasteiger partial charge in [-0.2, -0.15) is 13.2 Å². The zero-order valence-corrected chi connectivity index (χ0v) is 11.8. The maximum atomic E-state index is 12.6. The number of hydrogen-bond acceptors (Lipinski definition) is 1. The van der Waals surface area contributed by atoms with Crippen molar-refractivity contribution in [3.8, 4) is 0 Å². The molecule has 2 rings (SSSR count). The highest BCUT2D eigenvalue weighted by Crippen LogP contribution is 2.40. The van der Waals surface area contributed by atoms with Gasteiger partial charge >= 0.3 is 6.18 Å². The van der Waals surface area contributed by atoms with Gasteiger partial charge in [0.2, 0.25) is 0 Å². The Labute approximate surface area is 118 Å². The summed E-state index contributed by atoms with van der Waals surface area (Å²) in [6.07, 6.45) is 5.29. The van der Waals surface area contributed by atoms with Crippen LogP contribution in [0.15, 0.2) is 11.6 Å². The fourth-order valence-corrected chi connectivity index (χ4v) is 3.36. The lowest BCUT2D eigenvalue weighted by Crippen LogP contribution is -2.30. The van der Waals surface area contributed by atoms with E-state index in [1.807, 2.05) is 6.08 Å². The molecule has 0 bridgehead atoms. The van der Waals surface area contributed by atoms with Gasteiger partial charge in [0.05, 0.1) is 5.92 Å². The number of rotatable bonds is 2. The molecule has 0 aliphatic heterocycles. The monoisotopic (exact) mass is 288 g/mol. The van der Waals surface area contributed by atoms with Crippen molar-refractivity contribution >= 4 is 5.78 Å². The summed E-state index contributed by atoms with van der Waals surface area (Å²) in [5, 5.41) is 0. The van der Waals surface area contributed by atoms with Gasteiger partial charge < -0.3 is 0 Å². The van der Waals surface area contributed by atoms with Gasteiger partial charge in [0.15, 0.2) is 5.78 Å². The van der Waals surface area contributed by atoms with E-state index in [1.54, 1.807) is 0 Å². The Morgan fingerprint density at radius 2 is 1.65 bits per heavy atom. The number of carbonyl (C=O) groups excluding carboxylic acids is 1. The minimum atomic E-state index is -4.09. The minimum Gasteiger partial charge on any atom is -0.294 e. The Balaban J connectivity index is 1.91. The van der Waals surface area contributed by atoms with E-state index in [1.165, 1.54) is 6.42 Å². The lowest BCUT2D eigenvalue weighted by molar-refractivity contribution is -0.184. The number of hydrogen-bond donors (Lipinski definition) is 0. The highest BCUT2D eigenvalue weighted by atomic mass is 19.4. The SMILES string of the molecule is O=C(C1=CCCCCCC1)C1CCC(C(F)(F)F)CC1. The topological polar surface area (TPSA) is 17.1 Å². The number of Topliss-reactive ketones (excluding diaryl/α,β-unsaturated/α-hetero) is 1. The van der Waals surface area contributed by atoms with Gasteiger partial charge in [0.1, 0.15) is 0 Å². The molecule has 0 radical (unpaired) electrons. The van der Waals surface area contributed by atoms with Crippen molar-refractivity contribution in [2.75, 3.05) is 0 Å². The van der Waals surface area contributed by atoms with Crippen molar-refractivity contribution in [2.24, 2.45) is 11.8 Å². The summed E-state index contributed by atoms with van der Waals surface area (Å²) in [6.45, 7) is 0. The average molecular weight is 288 g/mol. The van der Waals surface area contributed by atoms with Crippen LogP contribution in [0.2, 0.25) is 0 Å². The molecule has 0 N–H and O–H groups in total. The molecule has 1 nitrogen and oxygen atoms in total. The number of allylic oxidation sites excluding steroid dienone is 2. The van der Waals surface area contributed by atoms with Crippen molar-refractivity contribution < 1.29 is 18.0 Å². The predicted octanol–water partition coefficient (Wildman–Crippen LogP) is 5.20. The standard InChI is InChI=1S/C16H23F3O/c17-16(18,19)14-10-8-13(9-11-14)15(20)12-6-4-2-1-3-5-7-12/h6,13-14H,1-5,7-11H2. The third-order valence-electron chi connectivity index (χ3n) is 4.67. The van der Waals surface area contributed by atoms with Gasteiger partial charge in [-0.15, -0.1) is 0 Å². The van der Waals surface area contributed by atoms with Crippen LogP contribution in [0.5, 0.6) is 0 Å². The van der Waals surface area contributed by atoms with E-state index in [-0.39, 0.29) is 24.5 Å². The summed E-state index contributed by atoms with van der Waals surface area (Å²) in [4.78, 5) is 12.4. The maximum Gasteiger partial charge on any atom is 0.391 e. The normalized spacial score (nSPS) is 29.2. The Morgan fingerprint density at radius 1 is 1.00 bits per heavy atom. The van der Waals surface area contributed by atoms with Crippen LogP contribution in [0.25, 0.3) is 0 Å². The summed E-state index contributed by atoms with van der Waals surface area (Å²) in [5.74, 6) is -1.23. The van der Waals surface area contributed by atoms with Crippen LogP contribution in [0.1, 0.15) is 64.2 Å². The van der Waals surface area contributed by atoms with Gasteiger partial charge in [0.25, 0.3) is 0 Å². The largest absolute Gasteiger partial charge is 0.391 e. The van der Waals surface area contributed by atoms with E-state index in [4.69, 9.17) is 0 Å². The Kier molecular flexibility index (Phi) is 5.28. The smallest absolute Gasteiger partial charge is 0.294 e. The molecule has 0 aromatic rings. The summed E-state index contributed by atoms with van der Waals surface area (Å²) in [7, 11) is 0. The molecule has 4 heteroatoms. The van der Waals surface area contributed by atoms with E-state index >= 15 is 0 Å². The van der Waals surface area contributed by atoms with Gasteiger partial charge in [-0.1, -0.05) is 18.9 Å². The highest BCUT2D eigenvalue weighted by Gasteiger charge is 2.42. The maximum absolute atomic E-state index is 12.6. The van der Waals surface area contributed by atoms with Crippen LogP contribution in [0, 0.1) is 11.8 Å². The fraction of sp³-hybridized carbons (Fsp3) is 0.812. The Hall–Kier alpha value is -0.800. The molecule has 2 aliphatic carbocycles. The van der Waals surface area contributed by atoms with Gasteiger partial charge in [0, 0.05) is 5.92 Å². The molecular formula is C16H23F3O. The zero-order chi connectivity index (χ0) is 14.6. The van der Waals surface area contributed by atoms with Crippen LogP contribution >= 0.6 is 0 Å². The number of halogens is 3. The van der Waals surface area contributed by atoms with E-state index in [9.17, 15) is 18.0 Å². The van der Waals surface area contributed by atoms with Crippen LogP contribution in [-0.4, -0.2) is 12.0 Å². The number of alkyl halides is 3. The van der Waals surface area contributed by atoms with Crippen molar-refractivity contribution in [3.05, 3.63) is 11.6 Å². The summed E-state index contributed by atoms with van der Waals surface area (Å²) in [6, 6.07) is 0. The summed E-state index contributed by atoms with van der Waals surface area (Å²) < 4.78 is 37.9. The first-order valence-corrected chi connectivity index (χ1v) is 7.78. The van der Waals surface area contributed by atoms with E-state index in [0.717, 1.165) is 37.7 Å². The Bertz CT molecular complexity index is 362. The predicted molar refractivity (Wildman–Crippen MR) is 72.3 cm³/mol. The molecule has 0 unspecified atom stereocenters. The average Bonchev–Trinajstić information content (AvgIpc) is 2.37. The minimum absolute atomic E-state index is 0.118. The van der Waals surface area contributed by atoms with Crippen molar-refractivity contribution in [3.63, 3.8) is 0 Å². The third-order valence-corrected chi connectivity index (χ3v) is 4.67. The molecule has 1 saturated carbocycles. The van der Waals surface area contributed by atoms with Crippen molar-refractivity contribution in [1.29, 1.82) is 0 Å². The molecule has 0 aromatic carbocycles. The number of carbonyl (C=O) groups is 1. The van der Waals surface area contributed by atoms with Crippen molar-refractivity contribution in [2.45, 2.75) is 70.4 Å². The zero-order valence-electron chi connectivity index (χ0n) is 11.8. The first-order chi connectivity index (χ1) is 9.48. The van der Waals surface area contributed by atoms with Gasteiger partial charge in [-0.3, -0.25) is 4.79 Å². The molecule has 0 saturated heterocycles. The Morgan fingerprint density at radius 3 is 2.30 bits per heavy atom. The van der Waals surface area contributed by atoms with Crippen LogP contribution in [-0.2, 0) is 4.79 Å².